The number of hydrogen-bond donors (Lipinski definition) is 1. The molecule has 8 heteroatoms. The molecule has 4 aliphatic rings. The Morgan fingerprint density at radius 3 is 2.92 bits per heavy atom. The maximum atomic E-state index is 6.27. The molecule has 24 heavy (non-hydrogen) atoms. The lowest BCUT2D eigenvalue weighted by molar-refractivity contribution is -0.0829. The lowest BCUT2D eigenvalue weighted by Crippen LogP contribution is -2.61. The number of nitrogens with zero attached hydrogens (tertiary/aromatic N) is 6. The fourth-order valence-electron chi connectivity index (χ4n) is 4.00. The number of ether oxygens (including phenoxy) is 1. The highest BCUT2D eigenvalue weighted by Crippen LogP contribution is 2.40. The minimum Gasteiger partial charge on any atom is -0.455 e. The molecule has 0 unspecified atom stereocenters. The van der Waals surface area contributed by atoms with Gasteiger partial charge in [0.15, 0.2) is 5.82 Å². The van der Waals surface area contributed by atoms with Crippen LogP contribution < -0.4 is 5.32 Å². The third-order valence-electron chi connectivity index (χ3n) is 5.24. The van der Waals surface area contributed by atoms with E-state index in [1.165, 1.54) is 32.3 Å². The van der Waals surface area contributed by atoms with Gasteiger partial charge in [-0.05, 0) is 32.0 Å². The average molecular weight is 325 g/mol. The van der Waals surface area contributed by atoms with E-state index in [-0.39, 0.29) is 5.60 Å². The van der Waals surface area contributed by atoms with Gasteiger partial charge in [0.25, 0.3) is 6.02 Å². The first-order valence-corrected chi connectivity index (χ1v) is 8.36. The van der Waals surface area contributed by atoms with Crippen LogP contribution in [0.25, 0.3) is 5.82 Å². The van der Waals surface area contributed by atoms with Crippen molar-refractivity contribution in [3.8, 4) is 5.82 Å². The van der Waals surface area contributed by atoms with Crippen LogP contribution in [0.1, 0.15) is 12.8 Å². The van der Waals surface area contributed by atoms with Crippen LogP contribution in [0.3, 0.4) is 0 Å². The molecule has 8 nitrogen and oxygen atoms in total. The van der Waals surface area contributed by atoms with E-state index < -0.39 is 0 Å². The highest BCUT2D eigenvalue weighted by Gasteiger charge is 2.51. The Morgan fingerprint density at radius 2 is 2.17 bits per heavy atom. The maximum Gasteiger partial charge on any atom is 0.291 e. The molecule has 124 valence electrons. The second-order valence-electron chi connectivity index (χ2n) is 6.68. The molecule has 3 saturated heterocycles. The van der Waals surface area contributed by atoms with Crippen LogP contribution in [0.5, 0.6) is 0 Å². The summed E-state index contributed by atoms with van der Waals surface area (Å²) in [4.78, 5) is 15.6. The second-order valence-corrected chi connectivity index (χ2v) is 6.68. The van der Waals surface area contributed by atoms with Gasteiger partial charge in [0, 0.05) is 30.9 Å². The predicted octanol–water partition coefficient (Wildman–Crippen LogP) is 0.925. The molecular formula is C16H19N7O. The summed E-state index contributed by atoms with van der Waals surface area (Å²) in [6.07, 6.45) is 7.49. The van der Waals surface area contributed by atoms with Gasteiger partial charge in [-0.25, -0.2) is 19.6 Å². The topological polar surface area (TPSA) is 80.5 Å². The van der Waals surface area contributed by atoms with Gasteiger partial charge in [-0.1, -0.05) is 0 Å². The molecule has 1 spiro atoms. The first-order valence-electron chi connectivity index (χ1n) is 8.36. The van der Waals surface area contributed by atoms with Crippen LogP contribution in [-0.4, -0.2) is 62.5 Å². The van der Waals surface area contributed by atoms with E-state index in [2.05, 4.69) is 30.3 Å². The van der Waals surface area contributed by atoms with E-state index in [9.17, 15) is 0 Å². The lowest BCUT2D eigenvalue weighted by atomic mass is 9.75. The highest BCUT2D eigenvalue weighted by molar-refractivity contribution is 5.89. The smallest absolute Gasteiger partial charge is 0.291 e. The Kier molecular flexibility index (Phi) is 3.05. The van der Waals surface area contributed by atoms with Gasteiger partial charge in [0.05, 0.1) is 6.54 Å². The monoisotopic (exact) mass is 325 g/mol. The Morgan fingerprint density at radius 1 is 1.25 bits per heavy atom. The van der Waals surface area contributed by atoms with Crippen molar-refractivity contribution < 1.29 is 4.74 Å². The van der Waals surface area contributed by atoms with Gasteiger partial charge in [-0.2, -0.15) is 5.10 Å². The number of nitrogens with one attached hydrogen (secondary N) is 1. The lowest BCUT2D eigenvalue weighted by Gasteiger charge is -2.50. The number of aliphatic imine (C=N–C) groups is 1. The maximum absolute atomic E-state index is 6.27. The zero-order valence-electron chi connectivity index (χ0n) is 13.3. The molecule has 0 radical (unpaired) electrons. The number of piperidine rings is 3. The average Bonchev–Trinajstić information content (AvgIpc) is 3.27. The molecule has 0 aromatic carbocycles. The van der Waals surface area contributed by atoms with Crippen molar-refractivity contribution in [2.45, 2.75) is 18.4 Å². The van der Waals surface area contributed by atoms with Gasteiger partial charge in [-0.15, -0.1) is 0 Å². The summed E-state index contributed by atoms with van der Waals surface area (Å²) in [5.41, 5.74) is -0.142. The van der Waals surface area contributed by atoms with Crippen molar-refractivity contribution in [2.24, 2.45) is 10.9 Å². The van der Waals surface area contributed by atoms with Crippen molar-refractivity contribution in [1.82, 2.24) is 24.6 Å². The number of fused-ring (bicyclic) bond motifs is 2. The van der Waals surface area contributed by atoms with Crippen molar-refractivity contribution in [2.75, 3.05) is 31.5 Å². The Balaban J connectivity index is 1.32. The third-order valence-corrected chi connectivity index (χ3v) is 5.24. The zero-order valence-corrected chi connectivity index (χ0v) is 13.3. The number of amidine groups is 1. The molecule has 2 bridgehead atoms. The van der Waals surface area contributed by atoms with Crippen LogP contribution in [0.4, 0.5) is 5.82 Å². The van der Waals surface area contributed by atoms with Gasteiger partial charge < -0.3 is 4.74 Å². The molecule has 1 atom stereocenters. The Bertz CT molecular complexity index is 766. The zero-order chi connectivity index (χ0) is 16.0. The van der Waals surface area contributed by atoms with E-state index in [0.717, 1.165) is 13.1 Å². The van der Waals surface area contributed by atoms with Crippen LogP contribution in [0.15, 0.2) is 35.8 Å². The van der Waals surface area contributed by atoms with Crippen molar-refractivity contribution in [3.05, 3.63) is 30.9 Å². The summed E-state index contributed by atoms with van der Waals surface area (Å²) < 4.78 is 7.97. The van der Waals surface area contributed by atoms with E-state index in [4.69, 9.17) is 4.74 Å². The number of anilines is 1. The van der Waals surface area contributed by atoms with Crippen LogP contribution in [0, 0.1) is 5.92 Å². The summed E-state index contributed by atoms with van der Waals surface area (Å²) in [6, 6.07) is 4.26. The van der Waals surface area contributed by atoms with Gasteiger partial charge in [-0.3, -0.25) is 10.2 Å². The normalized spacial score (nSPS) is 31.1. The quantitative estimate of drug-likeness (QED) is 0.884. The van der Waals surface area contributed by atoms with Gasteiger partial charge in [0.1, 0.15) is 17.7 Å². The molecule has 6 rings (SSSR count). The first kappa shape index (κ1) is 13.9. The fraction of sp³-hybridized carbons (Fsp3) is 0.500. The minimum atomic E-state index is -0.142. The Hall–Kier alpha value is -2.48. The van der Waals surface area contributed by atoms with Crippen LogP contribution in [-0.2, 0) is 4.74 Å². The van der Waals surface area contributed by atoms with Crippen molar-refractivity contribution in [3.63, 3.8) is 0 Å². The fourth-order valence-corrected chi connectivity index (χ4v) is 4.00. The molecule has 0 amide bonds. The summed E-state index contributed by atoms with van der Waals surface area (Å²) in [7, 11) is 0. The van der Waals surface area contributed by atoms with Crippen LogP contribution in [0.2, 0.25) is 0 Å². The van der Waals surface area contributed by atoms with Crippen molar-refractivity contribution in [1.29, 1.82) is 0 Å². The number of rotatable bonds is 2. The third kappa shape index (κ3) is 2.25. The van der Waals surface area contributed by atoms with Gasteiger partial charge >= 0.3 is 0 Å². The summed E-state index contributed by atoms with van der Waals surface area (Å²) in [5.74, 6) is 1.97. The highest BCUT2D eigenvalue weighted by atomic mass is 16.5. The molecular weight excluding hydrogens is 306 g/mol. The predicted molar refractivity (Wildman–Crippen MR) is 88.1 cm³/mol. The molecule has 2 aromatic rings. The first-order chi connectivity index (χ1) is 11.8. The molecule has 6 heterocycles. The summed E-state index contributed by atoms with van der Waals surface area (Å²) >= 11 is 0. The van der Waals surface area contributed by atoms with E-state index in [1.807, 2.05) is 18.3 Å². The molecule has 0 saturated carbocycles. The minimum absolute atomic E-state index is 0.142. The van der Waals surface area contributed by atoms with Gasteiger partial charge in [0.2, 0.25) is 0 Å². The number of aromatic nitrogens is 4. The Labute approximate surface area is 139 Å². The SMILES string of the molecule is c1cnn(-c2cc(NC3=NC[C@@]4(CN5CCC4CC5)O3)ncn2)c1. The van der Waals surface area contributed by atoms with E-state index in [0.29, 0.717) is 23.6 Å². The van der Waals surface area contributed by atoms with Crippen molar-refractivity contribution >= 4 is 11.8 Å². The number of hydrogen-bond acceptors (Lipinski definition) is 7. The molecule has 0 aliphatic carbocycles. The summed E-state index contributed by atoms with van der Waals surface area (Å²) in [6.45, 7) is 4.09. The molecule has 2 aromatic heterocycles. The molecule has 3 fully saturated rings. The largest absolute Gasteiger partial charge is 0.455 e. The standard InChI is InChI=1S/C16H19N7O/c1-4-20-23(5-1)14-8-13(18-11-19-14)21-15-17-9-16(24-15)10-22-6-2-12(16)3-7-22/h1,4-5,8,11-12H,2-3,6-7,9-10H2,(H,17,18,19,21)/t16-/m0/s1. The molecule has 1 N–H and O–H groups in total. The summed E-state index contributed by atoms with van der Waals surface area (Å²) in [5, 5.41) is 7.38. The second kappa shape index (κ2) is 5.27. The van der Waals surface area contributed by atoms with E-state index >= 15 is 0 Å². The van der Waals surface area contributed by atoms with E-state index in [1.54, 1.807) is 10.9 Å². The van der Waals surface area contributed by atoms with Crippen LogP contribution >= 0.6 is 0 Å². The molecule has 4 aliphatic heterocycles.